The molecular formula is C20H20F3NO4. The van der Waals surface area contributed by atoms with Crippen LogP contribution in [0.3, 0.4) is 0 Å². The molecule has 28 heavy (non-hydrogen) atoms. The zero-order valence-electron chi connectivity index (χ0n) is 15.3. The molecule has 1 aromatic heterocycles. The van der Waals surface area contributed by atoms with Gasteiger partial charge in [0.15, 0.2) is 5.76 Å². The predicted molar refractivity (Wildman–Crippen MR) is 94.5 cm³/mol. The smallest absolute Gasteiger partial charge is 0.416 e. The molecule has 150 valence electrons. The Labute approximate surface area is 160 Å². The number of piperidine rings is 1. The molecule has 5 nitrogen and oxygen atoms in total. The number of nitrogens with zero attached hydrogens (tertiary/aromatic N) is 1. The second-order valence-corrected chi connectivity index (χ2v) is 6.50. The van der Waals surface area contributed by atoms with Crippen LogP contribution in [0.15, 0.2) is 40.8 Å². The van der Waals surface area contributed by atoms with Crippen molar-refractivity contribution in [2.75, 3.05) is 13.2 Å². The highest BCUT2D eigenvalue weighted by atomic mass is 19.4. The molecule has 1 amide bonds. The molecule has 1 atom stereocenters. The van der Waals surface area contributed by atoms with Gasteiger partial charge in [-0.25, -0.2) is 4.79 Å². The number of rotatable bonds is 4. The van der Waals surface area contributed by atoms with Crippen molar-refractivity contribution in [3.8, 4) is 11.3 Å². The second-order valence-electron chi connectivity index (χ2n) is 6.50. The van der Waals surface area contributed by atoms with Crippen molar-refractivity contribution in [3.05, 3.63) is 47.7 Å². The molecular weight excluding hydrogens is 375 g/mol. The van der Waals surface area contributed by atoms with Crippen LogP contribution in [0.5, 0.6) is 0 Å². The molecule has 0 bridgehead atoms. The van der Waals surface area contributed by atoms with E-state index >= 15 is 0 Å². The molecule has 0 aliphatic carbocycles. The summed E-state index contributed by atoms with van der Waals surface area (Å²) in [6.45, 7) is 2.31. The molecule has 1 aliphatic rings. The predicted octanol–water partition coefficient (Wildman–Crippen LogP) is 4.52. The normalized spacial score (nSPS) is 17.4. The van der Waals surface area contributed by atoms with Gasteiger partial charge in [-0.1, -0.05) is 12.1 Å². The molecule has 8 heteroatoms. The summed E-state index contributed by atoms with van der Waals surface area (Å²) in [7, 11) is 0. The third kappa shape index (κ3) is 4.21. The maximum absolute atomic E-state index is 12.9. The summed E-state index contributed by atoms with van der Waals surface area (Å²) in [6, 6.07) is 6.88. The molecule has 1 saturated heterocycles. The molecule has 0 radical (unpaired) electrons. The molecule has 2 aromatic rings. The van der Waals surface area contributed by atoms with Gasteiger partial charge in [-0.2, -0.15) is 13.2 Å². The molecule has 1 fully saturated rings. The summed E-state index contributed by atoms with van der Waals surface area (Å²) < 4.78 is 49.3. The van der Waals surface area contributed by atoms with Gasteiger partial charge in [0.05, 0.1) is 12.2 Å². The fourth-order valence-electron chi connectivity index (χ4n) is 3.26. The van der Waals surface area contributed by atoms with Gasteiger partial charge >= 0.3 is 12.1 Å². The van der Waals surface area contributed by atoms with Crippen LogP contribution >= 0.6 is 0 Å². The number of hydrogen-bond acceptors (Lipinski definition) is 4. The Morgan fingerprint density at radius 3 is 2.71 bits per heavy atom. The van der Waals surface area contributed by atoms with E-state index in [2.05, 4.69) is 0 Å². The molecule has 0 spiro atoms. The van der Waals surface area contributed by atoms with Crippen molar-refractivity contribution < 1.29 is 31.9 Å². The highest BCUT2D eigenvalue weighted by Gasteiger charge is 2.35. The first kappa shape index (κ1) is 20.0. The first-order chi connectivity index (χ1) is 13.3. The lowest BCUT2D eigenvalue weighted by Crippen LogP contribution is -2.48. The minimum atomic E-state index is -4.47. The molecule has 0 saturated carbocycles. The largest absolute Gasteiger partial charge is 0.464 e. The fraction of sp³-hybridized carbons (Fsp3) is 0.400. The Balaban J connectivity index is 1.83. The van der Waals surface area contributed by atoms with Gasteiger partial charge in [0.25, 0.3) is 5.91 Å². The van der Waals surface area contributed by atoms with Crippen LogP contribution < -0.4 is 0 Å². The van der Waals surface area contributed by atoms with Gasteiger partial charge in [-0.15, -0.1) is 0 Å². The third-order valence-corrected chi connectivity index (χ3v) is 4.61. The second kappa shape index (κ2) is 8.08. The number of hydrogen-bond donors (Lipinski definition) is 0. The van der Waals surface area contributed by atoms with Gasteiger partial charge in [0.1, 0.15) is 11.8 Å². The van der Waals surface area contributed by atoms with Crippen molar-refractivity contribution in [2.45, 2.75) is 38.4 Å². The topological polar surface area (TPSA) is 59.8 Å². The highest BCUT2D eigenvalue weighted by Crippen LogP contribution is 2.33. The summed E-state index contributed by atoms with van der Waals surface area (Å²) in [4.78, 5) is 26.4. The van der Waals surface area contributed by atoms with Gasteiger partial charge in [-0.3, -0.25) is 4.79 Å². The molecule has 3 rings (SSSR count). The Hall–Kier alpha value is -2.77. The number of carbonyl (C=O) groups excluding carboxylic acids is 2. The van der Waals surface area contributed by atoms with E-state index in [0.717, 1.165) is 25.0 Å². The van der Waals surface area contributed by atoms with Crippen LogP contribution in [0, 0.1) is 0 Å². The zero-order chi connectivity index (χ0) is 20.3. The van der Waals surface area contributed by atoms with E-state index in [1.165, 1.54) is 29.2 Å². The van der Waals surface area contributed by atoms with Crippen LogP contribution in [0.4, 0.5) is 13.2 Å². The number of alkyl halides is 3. The molecule has 0 N–H and O–H groups in total. The summed E-state index contributed by atoms with van der Waals surface area (Å²) in [5, 5.41) is 0. The number of furan rings is 1. The van der Waals surface area contributed by atoms with Gasteiger partial charge in [0.2, 0.25) is 0 Å². The van der Waals surface area contributed by atoms with Crippen molar-refractivity contribution in [1.29, 1.82) is 0 Å². The van der Waals surface area contributed by atoms with Crippen LogP contribution in [0.2, 0.25) is 0 Å². The van der Waals surface area contributed by atoms with Crippen molar-refractivity contribution in [3.63, 3.8) is 0 Å². The van der Waals surface area contributed by atoms with Gasteiger partial charge in [0, 0.05) is 12.1 Å². The van der Waals surface area contributed by atoms with E-state index in [1.807, 2.05) is 0 Å². The Morgan fingerprint density at radius 2 is 2.00 bits per heavy atom. The van der Waals surface area contributed by atoms with E-state index in [9.17, 15) is 22.8 Å². The summed E-state index contributed by atoms with van der Waals surface area (Å²) >= 11 is 0. The van der Waals surface area contributed by atoms with E-state index in [1.54, 1.807) is 6.92 Å². The number of ether oxygens (including phenoxy) is 1. The van der Waals surface area contributed by atoms with Gasteiger partial charge < -0.3 is 14.1 Å². The number of likely N-dealkylation sites (tertiary alicyclic amines) is 1. The lowest BCUT2D eigenvalue weighted by molar-refractivity contribution is -0.149. The molecule has 1 unspecified atom stereocenters. The molecule has 1 aliphatic heterocycles. The van der Waals surface area contributed by atoms with E-state index in [4.69, 9.17) is 9.15 Å². The number of esters is 1. The number of benzene rings is 1. The number of halogens is 3. The maximum atomic E-state index is 12.9. The summed E-state index contributed by atoms with van der Waals surface area (Å²) in [6.07, 6.45) is -2.41. The minimum Gasteiger partial charge on any atom is -0.464 e. The van der Waals surface area contributed by atoms with E-state index in [-0.39, 0.29) is 23.7 Å². The Morgan fingerprint density at radius 1 is 1.21 bits per heavy atom. The number of carbonyl (C=O) groups is 2. The van der Waals surface area contributed by atoms with Gasteiger partial charge in [-0.05, 0) is 50.5 Å². The van der Waals surface area contributed by atoms with Crippen molar-refractivity contribution >= 4 is 11.9 Å². The molecule has 2 heterocycles. The van der Waals surface area contributed by atoms with Crippen molar-refractivity contribution in [1.82, 2.24) is 4.90 Å². The van der Waals surface area contributed by atoms with Crippen LogP contribution in [-0.2, 0) is 15.7 Å². The number of amides is 1. The third-order valence-electron chi connectivity index (χ3n) is 4.61. The minimum absolute atomic E-state index is 0.0244. The first-order valence-corrected chi connectivity index (χ1v) is 9.06. The Kier molecular flexibility index (Phi) is 5.76. The van der Waals surface area contributed by atoms with Crippen LogP contribution in [-0.4, -0.2) is 36.0 Å². The zero-order valence-corrected chi connectivity index (χ0v) is 15.3. The van der Waals surface area contributed by atoms with E-state index < -0.39 is 29.7 Å². The molecule has 1 aromatic carbocycles. The lowest BCUT2D eigenvalue weighted by atomic mass is 10.0. The van der Waals surface area contributed by atoms with Crippen LogP contribution in [0.1, 0.15) is 42.3 Å². The fourth-order valence-corrected chi connectivity index (χ4v) is 3.26. The van der Waals surface area contributed by atoms with Crippen LogP contribution in [0.25, 0.3) is 11.3 Å². The average molecular weight is 395 g/mol. The highest BCUT2D eigenvalue weighted by molar-refractivity contribution is 5.95. The Bertz CT molecular complexity index is 859. The SMILES string of the molecule is CCOC(=O)C1CCCCN1C(=O)c1ccc(-c2cccc(C(F)(F)F)c2)o1. The van der Waals surface area contributed by atoms with Crippen molar-refractivity contribution in [2.24, 2.45) is 0 Å². The monoisotopic (exact) mass is 395 g/mol. The first-order valence-electron chi connectivity index (χ1n) is 9.06. The summed E-state index contributed by atoms with van der Waals surface area (Å²) in [5.74, 6) is -0.807. The standard InChI is InChI=1S/C20H20F3NO4/c1-2-27-19(26)15-8-3-4-11-24(15)18(25)17-10-9-16(28-17)13-6-5-7-14(12-13)20(21,22)23/h5-7,9-10,12,15H,2-4,8,11H2,1H3. The summed E-state index contributed by atoms with van der Waals surface area (Å²) in [5.41, 5.74) is -0.581. The lowest BCUT2D eigenvalue weighted by Gasteiger charge is -2.33. The van der Waals surface area contributed by atoms with E-state index in [0.29, 0.717) is 13.0 Å². The maximum Gasteiger partial charge on any atom is 0.416 e. The average Bonchev–Trinajstić information content (AvgIpc) is 3.17. The quantitative estimate of drug-likeness (QED) is 0.714.